The number of aromatic amines is 1. The Bertz CT molecular complexity index is 907. The van der Waals surface area contributed by atoms with Crippen molar-refractivity contribution in [1.82, 2.24) is 4.98 Å². The molecular weight excluding hydrogens is 249 g/mol. The van der Waals surface area contributed by atoms with Gasteiger partial charge in [-0.25, -0.2) is 4.39 Å². The number of para-hydroxylation sites is 1. The highest BCUT2D eigenvalue weighted by atomic mass is 19.1. The molecular formula is C18H12FN. The zero-order valence-electron chi connectivity index (χ0n) is 10.7. The van der Waals surface area contributed by atoms with E-state index in [1.165, 1.54) is 0 Å². The molecule has 20 heavy (non-hydrogen) atoms. The molecule has 96 valence electrons. The van der Waals surface area contributed by atoms with Crippen molar-refractivity contribution in [3.63, 3.8) is 0 Å². The van der Waals surface area contributed by atoms with E-state index in [-0.39, 0.29) is 5.82 Å². The molecule has 1 nitrogen and oxygen atoms in total. The van der Waals surface area contributed by atoms with Gasteiger partial charge in [0.25, 0.3) is 0 Å². The van der Waals surface area contributed by atoms with Crippen LogP contribution in [-0.4, -0.2) is 4.98 Å². The van der Waals surface area contributed by atoms with Crippen molar-refractivity contribution in [3.8, 4) is 11.1 Å². The van der Waals surface area contributed by atoms with Gasteiger partial charge in [0.05, 0.1) is 0 Å². The van der Waals surface area contributed by atoms with Gasteiger partial charge in [0.15, 0.2) is 0 Å². The van der Waals surface area contributed by atoms with Crippen LogP contribution in [0.2, 0.25) is 0 Å². The predicted octanol–water partition coefficient (Wildman–Crippen LogP) is 5.13. The summed E-state index contributed by atoms with van der Waals surface area (Å²) in [6.07, 6.45) is 0. The molecule has 0 saturated carbocycles. The van der Waals surface area contributed by atoms with Crippen molar-refractivity contribution in [1.29, 1.82) is 0 Å². The molecule has 0 radical (unpaired) electrons. The molecule has 4 rings (SSSR count). The number of aromatic nitrogens is 1. The molecule has 2 heteroatoms. The van der Waals surface area contributed by atoms with Crippen molar-refractivity contribution in [2.75, 3.05) is 0 Å². The number of halogens is 1. The SMILES string of the molecule is Fc1cc2c(cc1-c1ccccc1)[nH]c1ccccc12. The molecule has 0 aliphatic carbocycles. The second kappa shape index (κ2) is 4.20. The van der Waals surface area contributed by atoms with Crippen molar-refractivity contribution in [2.45, 2.75) is 0 Å². The van der Waals surface area contributed by atoms with E-state index in [1.807, 2.05) is 60.7 Å². The minimum absolute atomic E-state index is 0.187. The number of fused-ring (bicyclic) bond motifs is 3. The average Bonchev–Trinajstić information content (AvgIpc) is 2.85. The minimum atomic E-state index is -0.187. The van der Waals surface area contributed by atoms with E-state index in [2.05, 4.69) is 4.98 Å². The molecule has 0 saturated heterocycles. The minimum Gasteiger partial charge on any atom is -0.354 e. The topological polar surface area (TPSA) is 15.8 Å². The van der Waals surface area contributed by atoms with E-state index in [1.54, 1.807) is 6.07 Å². The highest BCUT2D eigenvalue weighted by Crippen LogP contribution is 2.31. The van der Waals surface area contributed by atoms with Crippen LogP contribution >= 0.6 is 0 Å². The van der Waals surface area contributed by atoms with Gasteiger partial charge in [0.2, 0.25) is 0 Å². The van der Waals surface area contributed by atoms with Gasteiger partial charge in [-0.05, 0) is 23.8 Å². The summed E-state index contributed by atoms with van der Waals surface area (Å²) in [5.41, 5.74) is 3.52. The van der Waals surface area contributed by atoms with Crippen molar-refractivity contribution in [3.05, 3.63) is 72.5 Å². The Morgan fingerprint density at radius 1 is 0.700 bits per heavy atom. The van der Waals surface area contributed by atoms with Crippen LogP contribution < -0.4 is 0 Å². The Labute approximate surface area is 115 Å². The fraction of sp³-hybridized carbons (Fsp3) is 0. The molecule has 0 unspecified atom stereocenters. The summed E-state index contributed by atoms with van der Waals surface area (Å²) in [7, 11) is 0. The third kappa shape index (κ3) is 1.62. The molecule has 0 bridgehead atoms. The molecule has 0 fully saturated rings. The molecule has 1 aromatic heterocycles. The van der Waals surface area contributed by atoms with Crippen molar-refractivity contribution in [2.24, 2.45) is 0 Å². The predicted molar refractivity (Wildman–Crippen MR) is 81.2 cm³/mol. The maximum absolute atomic E-state index is 14.4. The summed E-state index contributed by atoms with van der Waals surface area (Å²) in [6.45, 7) is 0. The third-order valence-corrected chi connectivity index (χ3v) is 3.68. The molecule has 1 N–H and O–H groups in total. The first-order valence-electron chi connectivity index (χ1n) is 6.58. The number of benzene rings is 3. The van der Waals surface area contributed by atoms with Gasteiger partial charge in [0.1, 0.15) is 5.82 Å². The van der Waals surface area contributed by atoms with Crippen LogP contribution in [-0.2, 0) is 0 Å². The summed E-state index contributed by atoms with van der Waals surface area (Å²) in [5, 5.41) is 1.98. The van der Waals surface area contributed by atoms with E-state index in [4.69, 9.17) is 0 Å². The van der Waals surface area contributed by atoms with Crippen LogP contribution in [0.3, 0.4) is 0 Å². The van der Waals surface area contributed by atoms with Gasteiger partial charge in [-0.3, -0.25) is 0 Å². The van der Waals surface area contributed by atoms with Gasteiger partial charge >= 0.3 is 0 Å². The molecule has 0 atom stereocenters. The van der Waals surface area contributed by atoms with Crippen LogP contribution in [0.25, 0.3) is 32.9 Å². The summed E-state index contributed by atoms with van der Waals surface area (Å²) >= 11 is 0. The van der Waals surface area contributed by atoms with E-state index in [9.17, 15) is 4.39 Å². The molecule has 4 aromatic rings. The number of H-pyrrole nitrogens is 1. The average molecular weight is 261 g/mol. The number of rotatable bonds is 1. The molecule has 0 spiro atoms. The molecule has 3 aromatic carbocycles. The van der Waals surface area contributed by atoms with Crippen LogP contribution in [0.5, 0.6) is 0 Å². The molecule has 0 aliphatic rings. The van der Waals surface area contributed by atoms with E-state index in [0.29, 0.717) is 5.56 Å². The first-order chi connectivity index (χ1) is 9.83. The molecule has 0 amide bonds. The number of nitrogens with one attached hydrogen (secondary N) is 1. The van der Waals surface area contributed by atoms with Crippen LogP contribution in [0.4, 0.5) is 4.39 Å². The highest BCUT2D eigenvalue weighted by Gasteiger charge is 2.10. The molecule has 1 heterocycles. The van der Waals surface area contributed by atoms with Crippen LogP contribution in [0.15, 0.2) is 66.7 Å². The second-order valence-corrected chi connectivity index (χ2v) is 4.91. The number of hydrogen-bond donors (Lipinski definition) is 1. The van der Waals surface area contributed by atoms with E-state index >= 15 is 0 Å². The third-order valence-electron chi connectivity index (χ3n) is 3.68. The van der Waals surface area contributed by atoms with E-state index < -0.39 is 0 Å². The summed E-state index contributed by atoms with van der Waals surface area (Å²) < 4.78 is 14.4. The second-order valence-electron chi connectivity index (χ2n) is 4.91. The Balaban J connectivity index is 2.05. The van der Waals surface area contributed by atoms with Crippen LogP contribution in [0, 0.1) is 5.82 Å². The Morgan fingerprint density at radius 3 is 2.30 bits per heavy atom. The summed E-state index contributed by atoms with van der Waals surface area (Å²) in [4.78, 5) is 3.35. The maximum atomic E-state index is 14.4. The van der Waals surface area contributed by atoms with Crippen molar-refractivity contribution >= 4 is 21.8 Å². The van der Waals surface area contributed by atoms with Gasteiger partial charge in [-0.1, -0.05) is 48.5 Å². The summed E-state index contributed by atoms with van der Waals surface area (Å²) in [5.74, 6) is -0.187. The quantitative estimate of drug-likeness (QED) is 0.489. The Kier molecular flexibility index (Phi) is 2.36. The van der Waals surface area contributed by atoms with Crippen LogP contribution in [0.1, 0.15) is 0 Å². The van der Waals surface area contributed by atoms with Crippen molar-refractivity contribution < 1.29 is 4.39 Å². The van der Waals surface area contributed by atoms with Gasteiger partial charge in [-0.15, -0.1) is 0 Å². The fourth-order valence-corrected chi connectivity index (χ4v) is 2.71. The standard InChI is InChI=1S/C18H12FN/c19-16-10-15-13-8-4-5-9-17(13)20-18(15)11-14(16)12-6-2-1-3-7-12/h1-11,20H. The Hall–Kier alpha value is -2.61. The zero-order chi connectivity index (χ0) is 13.5. The smallest absolute Gasteiger partial charge is 0.131 e. The lowest BCUT2D eigenvalue weighted by molar-refractivity contribution is 0.633. The van der Waals surface area contributed by atoms with E-state index in [0.717, 1.165) is 27.4 Å². The lowest BCUT2D eigenvalue weighted by Gasteiger charge is -2.04. The zero-order valence-corrected chi connectivity index (χ0v) is 10.7. The lowest BCUT2D eigenvalue weighted by atomic mass is 10.0. The maximum Gasteiger partial charge on any atom is 0.131 e. The normalized spacial score (nSPS) is 11.2. The molecule has 0 aliphatic heterocycles. The fourth-order valence-electron chi connectivity index (χ4n) is 2.71. The van der Waals surface area contributed by atoms with Gasteiger partial charge in [0, 0.05) is 27.4 Å². The first-order valence-corrected chi connectivity index (χ1v) is 6.58. The van der Waals surface area contributed by atoms with Gasteiger partial charge < -0.3 is 4.98 Å². The first kappa shape index (κ1) is 11.2. The monoisotopic (exact) mass is 261 g/mol. The largest absolute Gasteiger partial charge is 0.354 e. The summed E-state index contributed by atoms with van der Waals surface area (Å²) in [6, 6.07) is 21.1. The lowest BCUT2D eigenvalue weighted by Crippen LogP contribution is -1.84. The Morgan fingerprint density at radius 2 is 1.45 bits per heavy atom. The highest BCUT2D eigenvalue weighted by molar-refractivity contribution is 6.08. The number of hydrogen-bond acceptors (Lipinski definition) is 0. The van der Waals surface area contributed by atoms with Gasteiger partial charge in [-0.2, -0.15) is 0 Å².